The summed E-state index contributed by atoms with van der Waals surface area (Å²) < 4.78 is 0. The monoisotopic (exact) mass is 331 g/mol. The maximum atomic E-state index is 11.8. The first kappa shape index (κ1) is 13.4. The molecule has 1 aliphatic heterocycles. The topological polar surface area (TPSA) is 57.6 Å². The number of carbonyl (C=O) groups excluding carboxylic acids is 1. The molecule has 0 aliphatic carbocycles. The number of amides is 1. The van der Waals surface area contributed by atoms with Crippen molar-refractivity contribution >= 4 is 45.1 Å². The van der Waals surface area contributed by atoms with E-state index in [1.807, 2.05) is 0 Å². The maximum Gasteiger partial charge on any atom is 0.337 e. The number of rotatable bonds is 3. The lowest BCUT2D eigenvalue weighted by Gasteiger charge is -2.17. The van der Waals surface area contributed by atoms with Crippen molar-refractivity contribution in [2.75, 3.05) is 16.8 Å². The maximum absolute atomic E-state index is 11.8. The van der Waals surface area contributed by atoms with Gasteiger partial charge >= 0.3 is 5.97 Å². The number of nitrogens with zero attached hydrogens (tertiary/aromatic N) is 1. The Morgan fingerprint density at radius 1 is 1.56 bits per heavy atom. The Morgan fingerprint density at radius 2 is 2.28 bits per heavy atom. The number of aromatic carboxylic acids is 1. The Hall–Kier alpha value is -1.07. The number of anilines is 1. The second kappa shape index (κ2) is 5.28. The molecule has 1 amide bonds. The van der Waals surface area contributed by atoms with Crippen molar-refractivity contribution in [1.82, 2.24) is 0 Å². The van der Waals surface area contributed by atoms with E-state index in [1.165, 1.54) is 12.1 Å². The van der Waals surface area contributed by atoms with Gasteiger partial charge in [-0.2, -0.15) is 0 Å². The van der Waals surface area contributed by atoms with Crippen molar-refractivity contribution in [1.29, 1.82) is 0 Å². The fourth-order valence-corrected chi connectivity index (χ4v) is 2.67. The van der Waals surface area contributed by atoms with E-state index in [9.17, 15) is 9.59 Å². The summed E-state index contributed by atoms with van der Waals surface area (Å²) in [6.45, 7) is 0.632. The van der Waals surface area contributed by atoms with Gasteiger partial charge in [-0.3, -0.25) is 4.79 Å². The summed E-state index contributed by atoms with van der Waals surface area (Å²) in [5, 5.41) is 9.81. The lowest BCUT2D eigenvalue weighted by atomic mass is 10.1. The summed E-state index contributed by atoms with van der Waals surface area (Å²) in [6.07, 6.45) is 0.504. The van der Waals surface area contributed by atoms with Gasteiger partial charge in [-0.1, -0.05) is 27.5 Å². The van der Waals surface area contributed by atoms with Crippen LogP contribution in [0.2, 0.25) is 5.02 Å². The standard InChI is InChI=1S/C12H11BrClNO3/c13-5-7-3-11(16)15(6-7)8-1-2-9(12(17)18)10(14)4-8/h1-2,4,7H,3,5-6H2,(H,17,18). The molecule has 0 saturated carbocycles. The summed E-state index contributed by atoms with van der Waals surface area (Å²) in [4.78, 5) is 24.3. The SMILES string of the molecule is O=C(O)c1ccc(N2CC(CBr)CC2=O)cc1Cl. The summed E-state index contributed by atoms with van der Waals surface area (Å²) >= 11 is 9.26. The first-order chi connectivity index (χ1) is 8.52. The zero-order chi connectivity index (χ0) is 13.3. The van der Waals surface area contributed by atoms with Crippen LogP contribution >= 0.6 is 27.5 Å². The Morgan fingerprint density at radius 3 is 2.78 bits per heavy atom. The predicted octanol–water partition coefficient (Wildman–Crippen LogP) is 2.79. The number of hydrogen-bond acceptors (Lipinski definition) is 2. The van der Waals surface area contributed by atoms with E-state index in [2.05, 4.69) is 15.9 Å². The molecule has 1 saturated heterocycles. The lowest BCUT2D eigenvalue weighted by molar-refractivity contribution is -0.117. The zero-order valence-corrected chi connectivity index (χ0v) is 11.7. The average Bonchev–Trinajstić information content (AvgIpc) is 2.70. The second-order valence-electron chi connectivity index (χ2n) is 4.20. The van der Waals surface area contributed by atoms with Crippen LogP contribution in [0, 0.1) is 5.92 Å². The van der Waals surface area contributed by atoms with E-state index >= 15 is 0 Å². The van der Waals surface area contributed by atoms with Gasteiger partial charge in [0.15, 0.2) is 0 Å². The second-order valence-corrected chi connectivity index (χ2v) is 5.25. The number of carboxylic acid groups (broad SMARTS) is 1. The van der Waals surface area contributed by atoms with Gasteiger partial charge in [-0.05, 0) is 24.1 Å². The fraction of sp³-hybridized carbons (Fsp3) is 0.333. The molecule has 1 aliphatic rings. The first-order valence-corrected chi connectivity index (χ1v) is 6.92. The predicted molar refractivity (Wildman–Crippen MR) is 72.7 cm³/mol. The largest absolute Gasteiger partial charge is 0.478 e. The molecule has 0 aromatic heterocycles. The molecule has 1 fully saturated rings. The third-order valence-corrected chi connectivity index (χ3v) is 4.15. The summed E-state index contributed by atoms with van der Waals surface area (Å²) in [7, 11) is 0. The van der Waals surface area contributed by atoms with E-state index in [4.69, 9.17) is 16.7 Å². The highest BCUT2D eigenvalue weighted by molar-refractivity contribution is 9.09. The van der Waals surface area contributed by atoms with E-state index in [-0.39, 0.29) is 22.4 Å². The van der Waals surface area contributed by atoms with E-state index in [0.29, 0.717) is 18.7 Å². The van der Waals surface area contributed by atoms with Gasteiger partial charge in [0.1, 0.15) is 0 Å². The van der Waals surface area contributed by atoms with Gasteiger partial charge in [-0.15, -0.1) is 0 Å². The molecule has 1 atom stereocenters. The van der Waals surface area contributed by atoms with Gasteiger partial charge < -0.3 is 10.0 Å². The number of carboxylic acids is 1. The van der Waals surface area contributed by atoms with Crippen molar-refractivity contribution < 1.29 is 14.7 Å². The lowest BCUT2D eigenvalue weighted by Crippen LogP contribution is -2.24. The van der Waals surface area contributed by atoms with Crippen LogP contribution in [0.5, 0.6) is 0 Å². The quantitative estimate of drug-likeness (QED) is 0.866. The Balaban J connectivity index is 2.27. The number of alkyl halides is 1. The molecule has 0 bridgehead atoms. The number of benzene rings is 1. The van der Waals surface area contributed by atoms with Gasteiger partial charge in [-0.25, -0.2) is 4.79 Å². The van der Waals surface area contributed by atoms with Crippen LogP contribution in [0.15, 0.2) is 18.2 Å². The van der Waals surface area contributed by atoms with Crippen LogP contribution in [0.25, 0.3) is 0 Å². The highest BCUT2D eigenvalue weighted by Crippen LogP contribution is 2.29. The van der Waals surface area contributed by atoms with E-state index < -0.39 is 5.97 Å². The Labute approximate surface area is 118 Å². The van der Waals surface area contributed by atoms with Crippen molar-refractivity contribution in [2.24, 2.45) is 5.92 Å². The number of carbonyl (C=O) groups is 2. The summed E-state index contributed by atoms with van der Waals surface area (Å²) in [5.41, 5.74) is 0.697. The van der Waals surface area contributed by atoms with E-state index in [1.54, 1.807) is 11.0 Å². The van der Waals surface area contributed by atoms with Crippen LogP contribution in [0.1, 0.15) is 16.8 Å². The minimum absolute atomic E-state index is 0.0404. The first-order valence-electron chi connectivity index (χ1n) is 5.42. The Kier molecular flexibility index (Phi) is 3.92. The van der Waals surface area contributed by atoms with Crippen LogP contribution < -0.4 is 4.90 Å². The molecule has 0 radical (unpaired) electrons. The third kappa shape index (κ3) is 2.52. The molecular formula is C12H11BrClNO3. The van der Waals surface area contributed by atoms with Crippen molar-refractivity contribution in [2.45, 2.75) is 6.42 Å². The van der Waals surface area contributed by atoms with Crippen molar-refractivity contribution in [3.05, 3.63) is 28.8 Å². The molecule has 18 heavy (non-hydrogen) atoms. The van der Waals surface area contributed by atoms with Crippen molar-refractivity contribution in [3.8, 4) is 0 Å². The van der Waals surface area contributed by atoms with Crippen LogP contribution in [0.3, 0.4) is 0 Å². The zero-order valence-electron chi connectivity index (χ0n) is 9.40. The Bertz CT molecular complexity index is 506. The van der Waals surface area contributed by atoms with Gasteiger partial charge in [0, 0.05) is 24.0 Å². The molecule has 4 nitrogen and oxygen atoms in total. The minimum Gasteiger partial charge on any atom is -0.478 e. The highest BCUT2D eigenvalue weighted by atomic mass is 79.9. The molecule has 1 unspecified atom stereocenters. The number of hydrogen-bond donors (Lipinski definition) is 1. The molecule has 1 N–H and O–H groups in total. The minimum atomic E-state index is -1.07. The van der Waals surface area contributed by atoms with Crippen molar-refractivity contribution in [3.63, 3.8) is 0 Å². The molecular weight excluding hydrogens is 321 g/mol. The normalized spacial score (nSPS) is 19.3. The smallest absolute Gasteiger partial charge is 0.337 e. The molecule has 2 rings (SSSR count). The third-order valence-electron chi connectivity index (χ3n) is 2.92. The summed E-state index contributed by atoms with van der Waals surface area (Å²) in [6, 6.07) is 4.57. The molecule has 0 spiro atoms. The number of halogens is 2. The highest BCUT2D eigenvalue weighted by Gasteiger charge is 2.30. The van der Waals surface area contributed by atoms with Crippen LogP contribution in [-0.4, -0.2) is 28.9 Å². The molecule has 96 valence electrons. The summed E-state index contributed by atoms with van der Waals surface area (Å²) in [5.74, 6) is -0.744. The van der Waals surface area contributed by atoms with Gasteiger partial charge in [0.2, 0.25) is 5.91 Å². The van der Waals surface area contributed by atoms with E-state index in [0.717, 1.165) is 5.33 Å². The van der Waals surface area contributed by atoms with Gasteiger partial charge in [0.25, 0.3) is 0 Å². The molecule has 1 aromatic carbocycles. The molecule has 1 aromatic rings. The van der Waals surface area contributed by atoms with Crippen LogP contribution in [-0.2, 0) is 4.79 Å². The van der Waals surface area contributed by atoms with Crippen LogP contribution in [0.4, 0.5) is 5.69 Å². The average molecular weight is 333 g/mol. The van der Waals surface area contributed by atoms with Gasteiger partial charge in [0.05, 0.1) is 10.6 Å². The molecule has 6 heteroatoms. The fourth-order valence-electron chi connectivity index (χ4n) is 1.98. The molecule has 1 heterocycles.